The van der Waals surface area contributed by atoms with Crippen LogP contribution in [0.15, 0.2) is 28.8 Å². The molecule has 1 aromatic carbocycles. The number of nitrogens with zero attached hydrogens (tertiary/aromatic N) is 5. The standard InChI is InChI=1S/C22H28N6O4/c1-4-31-22(29)19-18-20(24-15(2)25-21(18)32-26-19)23-9-10-27-11-13-28(14-12-27)16-5-7-17(30-3)8-6-16/h5-8H,4,9-14H2,1-3H3,(H,23,24,25). The Bertz CT molecular complexity index is 1060. The van der Waals surface area contributed by atoms with Gasteiger partial charge in [0.05, 0.1) is 13.7 Å². The van der Waals surface area contributed by atoms with Crippen molar-refractivity contribution in [2.24, 2.45) is 0 Å². The van der Waals surface area contributed by atoms with Crippen LogP contribution >= 0.6 is 0 Å². The average molecular weight is 441 g/mol. The van der Waals surface area contributed by atoms with Gasteiger partial charge in [0.25, 0.3) is 5.71 Å². The van der Waals surface area contributed by atoms with Gasteiger partial charge in [-0.15, -0.1) is 0 Å². The van der Waals surface area contributed by atoms with Crippen molar-refractivity contribution in [3.05, 3.63) is 35.8 Å². The molecule has 10 nitrogen and oxygen atoms in total. The van der Waals surface area contributed by atoms with Crippen molar-refractivity contribution in [1.29, 1.82) is 0 Å². The molecular formula is C22H28N6O4. The van der Waals surface area contributed by atoms with Gasteiger partial charge < -0.3 is 24.2 Å². The number of aryl methyl sites for hydroxylation is 1. The van der Waals surface area contributed by atoms with E-state index in [1.807, 2.05) is 12.1 Å². The number of benzene rings is 1. The first kappa shape index (κ1) is 21.8. The van der Waals surface area contributed by atoms with Crippen molar-refractivity contribution >= 4 is 28.6 Å². The van der Waals surface area contributed by atoms with E-state index in [-0.39, 0.29) is 18.0 Å². The molecule has 4 rings (SSSR count). The van der Waals surface area contributed by atoms with Gasteiger partial charge in [-0.05, 0) is 38.1 Å². The monoisotopic (exact) mass is 440 g/mol. The first-order chi connectivity index (χ1) is 15.6. The van der Waals surface area contributed by atoms with Gasteiger partial charge in [-0.2, -0.15) is 4.98 Å². The van der Waals surface area contributed by atoms with E-state index in [9.17, 15) is 4.79 Å². The third-order valence-corrected chi connectivity index (χ3v) is 5.45. The van der Waals surface area contributed by atoms with Gasteiger partial charge in [-0.3, -0.25) is 4.90 Å². The Morgan fingerprint density at radius 2 is 1.91 bits per heavy atom. The molecule has 0 radical (unpaired) electrons. The van der Waals surface area contributed by atoms with Crippen LogP contribution in [0.2, 0.25) is 0 Å². The summed E-state index contributed by atoms with van der Waals surface area (Å²) in [5.74, 6) is 1.40. The van der Waals surface area contributed by atoms with E-state index in [0.29, 0.717) is 23.6 Å². The molecule has 1 saturated heterocycles. The number of ether oxygens (including phenoxy) is 2. The van der Waals surface area contributed by atoms with Crippen LogP contribution in [0.1, 0.15) is 23.2 Å². The second-order valence-corrected chi connectivity index (χ2v) is 7.50. The lowest BCUT2D eigenvalue weighted by molar-refractivity contribution is 0.0517. The van der Waals surface area contributed by atoms with Crippen molar-refractivity contribution in [3.63, 3.8) is 0 Å². The number of anilines is 2. The van der Waals surface area contributed by atoms with Gasteiger partial charge in [0, 0.05) is 45.0 Å². The van der Waals surface area contributed by atoms with Gasteiger partial charge in [0.15, 0.2) is 0 Å². The minimum Gasteiger partial charge on any atom is -0.497 e. The van der Waals surface area contributed by atoms with E-state index in [4.69, 9.17) is 14.0 Å². The Labute approximate surface area is 186 Å². The summed E-state index contributed by atoms with van der Waals surface area (Å²) in [7, 11) is 1.68. The lowest BCUT2D eigenvalue weighted by Gasteiger charge is -2.36. The summed E-state index contributed by atoms with van der Waals surface area (Å²) in [6.07, 6.45) is 0. The van der Waals surface area contributed by atoms with Crippen LogP contribution in [-0.4, -0.2) is 79.0 Å². The molecule has 1 aliphatic heterocycles. The Morgan fingerprint density at radius 3 is 2.59 bits per heavy atom. The zero-order valence-electron chi connectivity index (χ0n) is 18.6. The first-order valence-electron chi connectivity index (χ1n) is 10.8. The van der Waals surface area contributed by atoms with E-state index in [0.717, 1.165) is 38.5 Å². The molecule has 1 aliphatic rings. The van der Waals surface area contributed by atoms with Crippen molar-refractivity contribution < 1.29 is 18.8 Å². The van der Waals surface area contributed by atoms with E-state index >= 15 is 0 Å². The first-order valence-corrected chi connectivity index (χ1v) is 10.8. The Balaban J connectivity index is 1.34. The molecule has 3 heterocycles. The number of carbonyl (C=O) groups is 1. The number of hydrogen-bond donors (Lipinski definition) is 1. The number of rotatable bonds is 8. The average Bonchev–Trinajstić information content (AvgIpc) is 3.24. The van der Waals surface area contributed by atoms with Gasteiger partial charge >= 0.3 is 5.97 Å². The topological polar surface area (TPSA) is 106 Å². The highest BCUT2D eigenvalue weighted by Gasteiger charge is 2.23. The molecule has 0 bridgehead atoms. The lowest BCUT2D eigenvalue weighted by atomic mass is 10.2. The van der Waals surface area contributed by atoms with Gasteiger partial charge in [-0.25, -0.2) is 9.78 Å². The molecule has 1 N–H and O–H groups in total. The van der Waals surface area contributed by atoms with Gasteiger partial charge in [0.2, 0.25) is 5.69 Å². The molecule has 0 amide bonds. The molecule has 32 heavy (non-hydrogen) atoms. The third kappa shape index (κ3) is 4.75. The van der Waals surface area contributed by atoms with E-state index in [1.54, 1.807) is 21.0 Å². The minimum absolute atomic E-state index is 0.0949. The summed E-state index contributed by atoms with van der Waals surface area (Å²) in [5.41, 5.74) is 1.58. The molecule has 3 aromatic rings. The second-order valence-electron chi connectivity index (χ2n) is 7.50. The van der Waals surface area contributed by atoms with E-state index in [2.05, 4.69) is 42.4 Å². The van der Waals surface area contributed by atoms with Crippen LogP contribution in [0.3, 0.4) is 0 Å². The number of carbonyl (C=O) groups excluding carboxylic acids is 1. The van der Waals surface area contributed by atoms with Crippen LogP contribution in [0.25, 0.3) is 11.1 Å². The van der Waals surface area contributed by atoms with Gasteiger partial charge in [0.1, 0.15) is 22.8 Å². The highest BCUT2D eigenvalue weighted by Crippen LogP contribution is 2.25. The number of piperazine rings is 1. The third-order valence-electron chi connectivity index (χ3n) is 5.45. The SMILES string of the molecule is CCOC(=O)c1noc2nc(C)nc(NCCN3CCN(c4ccc(OC)cc4)CC3)c12. The summed E-state index contributed by atoms with van der Waals surface area (Å²) in [5, 5.41) is 7.63. The van der Waals surface area contributed by atoms with Crippen molar-refractivity contribution in [3.8, 4) is 5.75 Å². The van der Waals surface area contributed by atoms with Gasteiger partial charge in [-0.1, -0.05) is 5.16 Å². The van der Waals surface area contributed by atoms with E-state index in [1.165, 1.54) is 5.69 Å². The normalized spacial score (nSPS) is 14.5. The summed E-state index contributed by atoms with van der Waals surface area (Å²) in [6.45, 7) is 9.14. The molecule has 0 atom stereocenters. The molecular weight excluding hydrogens is 412 g/mol. The molecule has 170 valence electrons. The largest absolute Gasteiger partial charge is 0.497 e. The fraction of sp³-hybridized carbons (Fsp3) is 0.455. The van der Waals surface area contributed by atoms with Crippen LogP contribution in [0.4, 0.5) is 11.5 Å². The Kier molecular flexibility index (Phi) is 6.69. The Morgan fingerprint density at radius 1 is 1.16 bits per heavy atom. The highest BCUT2D eigenvalue weighted by atomic mass is 16.5. The van der Waals surface area contributed by atoms with Crippen molar-refractivity contribution in [1.82, 2.24) is 20.0 Å². The summed E-state index contributed by atoms with van der Waals surface area (Å²) in [4.78, 5) is 25.7. The number of fused-ring (bicyclic) bond motifs is 1. The number of hydrogen-bond acceptors (Lipinski definition) is 10. The van der Waals surface area contributed by atoms with Crippen LogP contribution in [0.5, 0.6) is 5.75 Å². The van der Waals surface area contributed by atoms with Crippen molar-refractivity contribution in [2.45, 2.75) is 13.8 Å². The van der Waals surface area contributed by atoms with E-state index < -0.39 is 5.97 Å². The smallest absolute Gasteiger partial charge is 0.361 e. The predicted molar refractivity (Wildman–Crippen MR) is 120 cm³/mol. The maximum atomic E-state index is 12.2. The molecule has 0 unspecified atom stereocenters. The van der Waals surface area contributed by atoms with Crippen LogP contribution in [0, 0.1) is 6.92 Å². The number of nitrogens with one attached hydrogen (secondary N) is 1. The Hall–Kier alpha value is -3.40. The summed E-state index contributed by atoms with van der Waals surface area (Å²) >= 11 is 0. The molecule has 0 saturated carbocycles. The molecule has 10 heteroatoms. The quantitative estimate of drug-likeness (QED) is 0.525. The fourth-order valence-electron chi connectivity index (χ4n) is 3.78. The molecule has 0 spiro atoms. The van der Waals surface area contributed by atoms with Crippen molar-refractivity contribution in [2.75, 3.05) is 63.2 Å². The highest BCUT2D eigenvalue weighted by molar-refractivity contribution is 6.04. The molecule has 2 aromatic heterocycles. The molecule has 1 fully saturated rings. The predicted octanol–water partition coefficient (Wildman–Crippen LogP) is 2.35. The molecule has 0 aliphatic carbocycles. The maximum Gasteiger partial charge on any atom is 0.361 e. The van der Waals surface area contributed by atoms with Crippen LogP contribution < -0.4 is 15.0 Å². The zero-order valence-corrected chi connectivity index (χ0v) is 18.6. The maximum absolute atomic E-state index is 12.2. The summed E-state index contributed by atoms with van der Waals surface area (Å²) in [6, 6.07) is 8.17. The fourth-order valence-corrected chi connectivity index (χ4v) is 3.78. The lowest BCUT2D eigenvalue weighted by Crippen LogP contribution is -2.47. The minimum atomic E-state index is -0.545. The van der Waals surface area contributed by atoms with Crippen LogP contribution in [-0.2, 0) is 4.74 Å². The summed E-state index contributed by atoms with van der Waals surface area (Å²) < 4.78 is 15.5. The number of methoxy groups -OCH3 is 1. The number of aromatic nitrogens is 3. The number of esters is 1. The second kappa shape index (κ2) is 9.82. The zero-order chi connectivity index (χ0) is 22.5.